The molecule has 0 aromatic heterocycles. The van der Waals surface area contributed by atoms with Crippen molar-refractivity contribution >= 4 is 21.6 Å². The zero-order valence-corrected chi connectivity index (χ0v) is 15.4. The second kappa shape index (κ2) is 8.67. The summed E-state index contributed by atoms with van der Waals surface area (Å²) in [7, 11) is -3.56. The van der Waals surface area contributed by atoms with E-state index in [9.17, 15) is 13.2 Å². The lowest BCUT2D eigenvalue weighted by molar-refractivity contribution is -0.121. The quantitative estimate of drug-likeness (QED) is 0.736. The smallest absolute Gasteiger partial charge is 0.243 e. The van der Waals surface area contributed by atoms with Crippen LogP contribution in [0.2, 0.25) is 0 Å². The minimum Gasteiger partial charge on any atom is -0.354 e. The first kappa shape index (κ1) is 19.0. The molecule has 0 aliphatic heterocycles. The molecule has 1 amide bonds. The average molecular weight is 360 g/mol. The van der Waals surface area contributed by atoms with E-state index < -0.39 is 16.1 Å². The van der Waals surface area contributed by atoms with Crippen molar-refractivity contribution in [1.29, 1.82) is 0 Å². The summed E-state index contributed by atoms with van der Waals surface area (Å²) in [4.78, 5) is 12.4. The summed E-state index contributed by atoms with van der Waals surface area (Å²) in [5.74, 6) is -0.303. The normalized spacial score (nSPS) is 12.4. The van der Waals surface area contributed by atoms with Gasteiger partial charge < -0.3 is 5.32 Å². The Morgan fingerprint density at radius 1 is 1.04 bits per heavy atom. The van der Waals surface area contributed by atoms with Crippen LogP contribution in [0.25, 0.3) is 0 Å². The van der Waals surface area contributed by atoms with Crippen molar-refractivity contribution in [1.82, 2.24) is 5.32 Å². The van der Waals surface area contributed by atoms with E-state index in [0.717, 1.165) is 23.4 Å². The third-order valence-corrected chi connectivity index (χ3v) is 5.13. The van der Waals surface area contributed by atoms with Gasteiger partial charge in [-0.1, -0.05) is 48.5 Å². The molecule has 0 aliphatic rings. The number of hydrogen-bond acceptors (Lipinski definition) is 3. The predicted molar refractivity (Wildman–Crippen MR) is 101 cm³/mol. The Labute approximate surface area is 149 Å². The molecule has 6 heteroatoms. The lowest BCUT2D eigenvalue weighted by atomic mass is 10.1. The fourth-order valence-corrected chi connectivity index (χ4v) is 3.86. The van der Waals surface area contributed by atoms with Gasteiger partial charge in [-0.05, 0) is 37.5 Å². The molecule has 0 spiro atoms. The van der Waals surface area contributed by atoms with Gasteiger partial charge in [0.1, 0.15) is 6.04 Å². The van der Waals surface area contributed by atoms with E-state index in [1.54, 1.807) is 37.3 Å². The summed E-state index contributed by atoms with van der Waals surface area (Å²) in [6, 6.07) is 17.9. The number of rotatable bonds is 8. The van der Waals surface area contributed by atoms with E-state index >= 15 is 0 Å². The molecular formula is C19H24N2O3S. The number of nitrogens with zero attached hydrogens (tertiary/aromatic N) is 1. The molecule has 0 fully saturated rings. The second-order valence-corrected chi connectivity index (χ2v) is 7.81. The van der Waals surface area contributed by atoms with Gasteiger partial charge in [0, 0.05) is 6.54 Å². The van der Waals surface area contributed by atoms with E-state index in [1.807, 2.05) is 30.3 Å². The summed E-state index contributed by atoms with van der Waals surface area (Å²) < 4.78 is 25.4. The molecule has 2 aromatic rings. The molecule has 0 radical (unpaired) electrons. The second-order valence-electron chi connectivity index (χ2n) is 5.95. The van der Waals surface area contributed by atoms with Crippen molar-refractivity contribution < 1.29 is 13.2 Å². The highest BCUT2D eigenvalue weighted by Crippen LogP contribution is 2.20. The highest BCUT2D eigenvalue weighted by molar-refractivity contribution is 7.92. The number of amides is 1. The number of nitrogens with one attached hydrogen (secondary N) is 1. The molecule has 0 saturated carbocycles. The number of para-hydroxylation sites is 1. The summed E-state index contributed by atoms with van der Waals surface area (Å²) in [5, 5.41) is 2.83. The van der Waals surface area contributed by atoms with Gasteiger partial charge >= 0.3 is 0 Å². The minimum absolute atomic E-state index is 0.303. The third-order valence-electron chi connectivity index (χ3n) is 3.88. The van der Waals surface area contributed by atoms with E-state index in [4.69, 9.17) is 0 Å². The molecule has 0 saturated heterocycles. The number of hydrogen-bond donors (Lipinski definition) is 1. The first-order chi connectivity index (χ1) is 11.9. The van der Waals surface area contributed by atoms with E-state index in [-0.39, 0.29) is 5.91 Å². The van der Waals surface area contributed by atoms with E-state index in [1.165, 1.54) is 5.56 Å². The number of benzene rings is 2. The van der Waals surface area contributed by atoms with Crippen molar-refractivity contribution in [3.8, 4) is 0 Å². The van der Waals surface area contributed by atoms with Gasteiger partial charge in [0.15, 0.2) is 0 Å². The third kappa shape index (κ3) is 5.60. The van der Waals surface area contributed by atoms with E-state index in [0.29, 0.717) is 12.2 Å². The van der Waals surface area contributed by atoms with Crippen LogP contribution in [-0.4, -0.2) is 33.2 Å². The first-order valence-corrected chi connectivity index (χ1v) is 10.1. The Hall–Kier alpha value is -2.34. The maximum atomic E-state index is 12.4. The zero-order chi connectivity index (χ0) is 18.3. The van der Waals surface area contributed by atoms with Crippen LogP contribution in [0.5, 0.6) is 0 Å². The van der Waals surface area contributed by atoms with E-state index in [2.05, 4.69) is 5.32 Å². The highest BCUT2D eigenvalue weighted by Gasteiger charge is 2.28. The molecule has 134 valence electrons. The van der Waals surface area contributed by atoms with Gasteiger partial charge in [-0.3, -0.25) is 9.10 Å². The number of sulfonamides is 1. The van der Waals surface area contributed by atoms with Crippen LogP contribution in [0.1, 0.15) is 18.9 Å². The summed E-state index contributed by atoms with van der Waals surface area (Å²) in [6.07, 6.45) is 2.77. The van der Waals surface area contributed by atoms with Crippen molar-refractivity contribution in [3.63, 3.8) is 0 Å². The first-order valence-electron chi connectivity index (χ1n) is 8.25. The van der Waals surface area contributed by atoms with Gasteiger partial charge in [-0.25, -0.2) is 8.42 Å². The lowest BCUT2D eigenvalue weighted by Gasteiger charge is -2.28. The highest BCUT2D eigenvalue weighted by atomic mass is 32.2. The summed E-state index contributed by atoms with van der Waals surface area (Å²) in [6.45, 7) is 2.10. The van der Waals surface area contributed by atoms with Gasteiger partial charge in [0.2, 0.25) is 15.9 Å². The van der Waals surface area contributed by atoms with Crippen LogP contribution < -0.4 is 9.62 Å². The SMILES string of the molecule is C[C@H](C(=O)NCCCc1ccccc1)N(c1ccccc1)S(C)(=O)=O. The predicted octanol–water partition coefficient (Wildman–Crippen LogP) is 2.59. The van der Waals surface area contributed by atoms with Crippen LogP contribution in [0.15, 0.2) is 60.7 Å². The standard InChI is InChI=1S/C19H24N2O3S/c1-16(21(25(2,23)24)18-13-7-4-8-14-18)19(22)20-15-9-12-17-10-5-3-6-11-17/h3-8,10-11,13-14,16H,9,12,15H2,1-2H3,(H,20,22)/t16-/m1/s1. The molecule has 0 heterocycles. The molecular weight excluding hydrogens is 336 g/mol. The molecule has 1 atom stereocenters. The zero-order valence-electron chi connectivity index (χ0n) is 14.6. The largest absolute Gasteiger partial charge is 0.354 e. The topological polar surface area (TPSA) is 66.5 Å². The molecule has 0 bridgehead atoms. The number of carbonyl (C=O) groups is 1. The molecule has 0 aliphatic carbocycles. The number of anilines is 1. The Balaban J connectivity index is 1.94. The van der Waals surface area contributed by atoms with Crippen LogP contribution in [0, 0.1) is 0 Å². The summed E-state index contributed by atoms with van der Waals surface area (Å²) in [5.41, 5.74) is 1.70. The molecule has 2 aromatic carbocycles. The molecule has 0 unspecified atom stereocenters. The summed E-state index contributed by atoms with van der Waals surface area (Å²) >= 11 is 0. The van der Waals surface area contributed by atoms with Crippen LogP contribution in [0.3, 0.4) is 0 Å². The van der Waals surface area contributed by atoms with Gasteiger partial charge in [-0.15, -0.1) is 0 Å². The number of carbonyl (C=O) groups excluding carboxylic acids is 1. The van der Waals surface area contributed by atoms with Gasteiger partial charge in [-0.2, -0.15) is 0 Å². The van der Waals surface area contributed by atoms with Gasteiger partial charge in [0.05, 0.1) is 11.9 Å². The molecule has 5 nitrogen and oxygen atoms in total. The van der Waals surface area contributed by atoms with Crippen LogP contribution >= 0.6 is 0 Å². The molecule has 1 N–H and O–H groups in total. The molecule has 2 rings (SSSR count). The fourth-order valence-electron chi connectivity index (χ4n) is 2.68. The van der Waals surface area contributed by atoms with Crippen molar-refractivity contribution in [2.24, 2.45) is 0 Å². The number of aryl methyl sites for hydroxylation is 1. The maximum absolute atomic E-state index is 12.4. The lowest BCUT2D eigenvalue weighted by Crippen LogP contribution is -2.48. The van der Waals surface area contributed by atoms with Crippen LogP contribution in [0.4, 0.5) is 5.69 Å². The average Bonchev–Trinajstić information content (AvgIpc) is 2.59. The maximum Gasteiger partial charge on any atom is 0.243 e. The fraction of sp³-hybridized carbons (Fsp3) is 0.316. The Morgan fingerprint density at radius 3 is 2.16 bits per heavy atom. The Kier molecular flexibility index (Phi) is 6.58. The van der Waals surface area contributed by atoms with Crippen molar-refractivity contribution in [2.45, 2.75) is 25.8 Å². The Morgan fingerprint density at radius 2 is 1.60 bits per heavy atom. The Bertz CT molecular complexity index is 777. The van der Waals surface area contributed by atoms with Gasteiger partial charge in [0.25, 0.3) is 0 Å². The van der Waals surface area contributed by atoms with Crippen molar-refractivity contribution in [2.75, 3.05) is 17.1 Å². The van der Waals surface area contributed by atoms with Crippen LogP contribution in [-0.2, 0) is 21.2 Å². The molecule has 25 heavy (non-hydrogen) atoms. The van der Waals surface area contributed by atoms with Crippen molar-refractivity contribution in [3.05, 3.63) is 66.2 Å². The minimum atomic E-state index is -3.56. The monoisotopic (exact) mass is 360 g/mol.